The predicted molar refractivity (Wildman–Crippen MR) is 68.9 cm³/mol. The van der Waals surface area contributed by atoms with Crippen LogP contribution in [0.2, 0.25) is 0 Å². The van der Waals surface area contributed by atoms with E-state index in [1.54, 1.807) is 19.1 Å². The third-order valence-electron chi connectivity index (χ3n) is 2.89. The molecule has 1 aromatic carbocycles. The maximum Gasteiger partial charge on any atom is 0.251 e. The number of carbonyl (C=O) groups excluding carboxylic acids is 1. The number of hydrogen-bond acceptors (Lipinski definition) is 2. The fourth-order valence-electron chi connectivity index (χ4n) is 1.33. The minimum atomic E-state index is -0.642. The van der Waals surface area contributed by atoms with Crippen LogP contribution in [0.1, 0.15) is 36.7 Å². The Morgan fingerprint density at radius 3 is 2.56 bits per heavy atom. The first-order chi connectivity index (χ1) is 8.21. The van der Waals surface area contributed by atoms with Crippen molar-refractivity contribution in [2.45, 2.75) is 33.8 Å². The zero-order chi connectivity index (χ0) is 13.9. The van der Waals surface area contributed by atoms with E-state index < -0.39 is 11.9 Å². The van der Waals surface area contributed by atoms with Crippen LogP contribution in [0, 0.1) is 18.2 Å². The number of amides is 1. The molecule has 100 valence electrons. The molecular weight excluding hydrogens is 233 g/mol. The molecule has 0 fully saturated rings. The van der Waals surface area contributed by atoms with Gasteiger partial charge in [-0.25, -0.2) is 4.39 Å². The van der Waals surface area contributed by atoms with Crippen LogP contribution in [0.25, 0.3) is 0 Å². The summed E-state index contributed by atoms with van der Waals surface area (Å²) in [6.07, 6.45) is -0.642. The Labute approximate surface area is 107 Å². The maximum atomic E-state index is 13.3. The van der Waals surface area contributed by atoms with Gasteiger partial charge in [0, 0.05) is 12.1 Å². The lowest BCUT2D eigenvalue weighted by molar-refractivity contribution is 0.0587. The molecule has 0 heterocycles. The summed E-state index contributed by atoms with van der Waals surface area (Å²) in [7, 11) is 0. The van der Waals surface area contributed by atoms with E-state index in [0.717, 1.165) is 0 Å². The average Bonchev–Trinajstić information content (AvgIpc) is 2.27. The summed E-state index contributed by atoms with van der Waals surface area (Å²) in [5, 5.41) is 12.4. The van der Waals surface area contributed by atoms with E-state index in [-0.39, 0.29) is 23.4 Å². The number of benzene rings is 1. The van der Waals surface area contributed by atoms with Crippen LogP contribution in [0.3, 0.4) is 0 Å². The van der Waals surface area contributed by atoms with Crippen LogP contribution in [-0.2, 0) is 0 Å². The Morgan fingerprint density at radius 2 is 2.06 bits per heavy atom. The summed E-state index contributed by atoms with van der Waals surface area (Å²) in [4.78, 5) is 11.8. The van der Waals surface area contributed by atoms with Gasteiger partial charge in [-0.05, 0) is 30.0 Å². The van der Waals surface area contributed by atoms with Crippen LogP contribution in [-0.4, -0.2) is 23.7 Å². The van der Waals surface area contributed by atoms with Gasteiger partial charge in [-0.3, -0.25) is 4.79 Å². The van der Waals surface area contributed by atoms with Crippen molar-refractivity contribution in [3.8, 4) is 0 Å². The average molecular weight is 253 g/mol. The largest absolute Gasteiger partial charge is 0.391 e. The topological polar surface area (TPSA) is 49.3 Å². The van der Waals surface area contributed by atoms with E-state index in [0.29, 0.717) is 5.56 Å². The third kappa shape index (κ3) is 3.81. The molecule has 1 unspecified atom stereocenters. The number of carbonyl (C=O) groups is 1. The molecule has 0 radical (unpaired) electrons. The van der Waals surface area contributed by atoms with E-state index in [4.69, 9.17) is 0 Å². The lowest BCUT2D eigenvalue weighted by Gasteiger charge is -2.25. The Balaban J connectivity index is 2.63. The SMILES string of the molecule is Cc1ccc(C(=O)NCC(O)C(C)(C)C)cc1F. The molecule has 0 saturated heterocycles. The summed E-state index contributed by atoms with van der Waals surface area (Å²) in [6, 6.07) is 4.33. The Bertz CT molecular complexity index is 438. The number of hydrogen-bond donors (Lipinski definition) is 2. The second-order valence-electron chi connectivity index (χ2n) is 5.56. The number of nitrogens with one attached hydrogen (secondary N) is 1. The van der Waals surface area contributed by atoms with Gasteiger partial charge < -0.3 is 10.4 Å². The quantitative estimate of drug-likeness (QED) is 0.868. The van der Waals surface area contributed by atoms with Crippen LogP contribution in [0.5, 0.6) is 0 Å². The van der Waals surface area contributed by atoms with E-state index in [9.17, 15) is 14.3 Å². The number of aliphatic hydroxyl groups is 1. The number of halogens is 1. The first-order valence-electron chi connectivity index (χ1n) is 5.94. The van der Waals surface area contributed by atoms with Gasteiger partial charge >= 0.3 is 0 Å². The molecule has 4 heteroatoms. The van der Waals surface area contributed by atoms with Gasteiger partial charge in [0.05, 0.1) is 6.10 Å². The highest BCUT2D eigenvalue weighted by atomic mass is 19.1. The first kappa shape index (κ1) is 14.6. The van der Waals surface area contributed by atoms with Gasteiger partial charge in [0.2, 0.25) is 0 Å². The highest BCUT2D eigenvalue weighted by Gasteiger charge is 2.22. The monoisotopic (exact) mass is 253 g/mol. The summed E-state index contributed by atoms with van der Waals surface area (Å²) in [6.45, 7) is 7.44. The van der Waals surface area contributed by atoms with Gasteiger partial charge in [0.15, 0.2) is 0 Å². The fraction of sp³-hybridized carbons (Fsp3) is 0.500. The molecule has 0 bridgehead atoms. The van der Waals surface area contributed by atoms with Gasteiger partial charge in [-0.1, -0.05) is 26.8 Å². The molecule has 0 spiro atoms. The van der Waals surface area contributed by atoms with Crippen LogP contribution >= 0.6 is 0 Å². The van der Waals surface area contributed by atoms with E-state index in [1.807, 2.05) is 20.8 Å². The zero-order valence-corrected chi connectivity index (χ0v) is 11.2. The van der Waals surface area contributed by atoms with Crippen molar-refractivity contribution in [2.75, 3.05) is 6.54 Å². The second-order valence-corrected chi connectivity index (χ2v) is 5.56. The smallest absolute Gasteiger partial charge is 0.251 e. The van der Waals surface area contributed by atoms with E-state index >= 15 is 0 Å². The maximum absolute atomic E-state index is 13.3. The van der Waals surface area contributed by atoms with Crippen molar-refractivity contribution >= 4 is 5.91 Å². The Kier molecular flexibility index (Phi) is 4.46. The predicted octanol–water partition coefficient (Wildman–Crippen LogP) is 2.27. The molecule has 18 heavy (non-hydrogen) atoms. The summed E-state index contributed by atoms with van der Waals surface area (Å²) < 4.78 is 13.3. The van der Waals surface area contributed by atoms with Crippen LogP contribution in [0.15, 0.2) is 18.2 Å². The van der Waals surface area contributed by atoms with Crippen LogP contribution < -0.4 is 5.32 Å². The zero-order valence-electron chi connectivity index (χ0n) is 11.2. The molecular formula is C14H20FNO2. The first-order valence-corrected chi connectivity index (χ1v) is 5.94. The van der Waals surface area contributed by atoms with Crippen molar-refractivity contribution < 1.29 is 14.3 Å². The lowest BCUT2D eigenvalue weighted by atomic mass is 9.89. The molecule has 0 aliphatic carbocycles. The molecule has 0 aliphatic rings. The second kappa shape index (κ2) is 5.48. The van der Waals surface area contributed by atoms with E-state index in [1.165, 1.54) is 6.07 Å². The van der Waals surface area contributed by atoms with Gasteiger partial charge in [0.25, 0.3) is 5.91 Å². The van der Waals surface area contributed by atoms with Crippen LogP contribution in [0.4, 0.5) is 4.39 Å². The molecule has 0 saturated carbocycles. The standard InChI is InChI=1S/C14H20FNO2/c1-9-5-6-10(7-11(9)15)13(18)16-8-12(17)14(2,3)4/h5-7,12,17H,8H2,1-4H3,(H,16,18). The molecule has 1 atom stereocenters. The molecule has 1 aromatic rings. The Morgan fingerprint density at radius 1 is 1.44 bits per heavy atom. The minimum absolute atomic E-state index is 0.151. The highest BCUT2D eigenvalue weighted by Crippen LogP contribution is 2.18. The van der Waals surface area contributed by atoms with E-state index in [2.05, 4.69) is 5.32 Å². The molecule has 1 rings (SSSR count). The number of aliphatic hydroxyl groups excluding tert-OH is 1. The summed E-state index contributed by atoms with van der Waals surface area (Å²) in [5.41, 5.74) is 0.465. The molecule has 1 amide bonds. The number of rotatable bonds is 3. The molecule has 0 aliphatic heterocycles. The fourth-order valence-corrected chi connectivity index (χ4v) is 1.33. The van der Waals surface area contributed by atoms with Crippen molar-refractivity contribution in [2.24, 2.45) is 5.41 Å². The normalized spacial score (nSPS) is 13.2. The van der Waals surface area contributed by atoms with Gasteiger partial charge in [-0.15, -0.1) is 0 Å². The summed E-state index contributed by atoms with van der Waals surface area (Å²) in [5.74, 6) is -0.781. The van der Waals surface area contributed by atoms with Crippen molar-refractivity contribution in [1.82, 2.24) is 5.32 Å². The highest BCUT2D eigenvalue weighted by molar-refractivity contribution is 5.94. The summed E-state index contributed by atoms with van der Waals surface area (Å²) >= 11 is 0. The van der Waals surface area contributed by atoms with Gasteiger partial charge in [-0.2, -0.15) is 0 Å². The number of aryl methyl sites for hydroxylation is 1. The van der Waals surface area contributed by atoms with Crippen molar-refractivity contribution in [3.05, 3.63) is 35.1 Å². The Hall–Kier alpha value is -1.42. The molecule has 0 aromatic heterocycles. The van der Waals surface area contributed by atoms with Gasteiger partial charge in [0.1, 0.15) is 5.82 Å². The molecule has 2 N–H and O–H groups in total. The minimum Gasteiger partial charge on any atom is -0.391 e. The van der Waals surface area contributed by atoms with Crippen molar-refractivity contribution in [3.63, 3.8) is 0 Å². The van der Waals surface area contributed by atoms with Crippen molar-refractivity contribution in [1.29, 1.82) is 0 Å². The third-order valence-corrected chi connectivity index (χ3v) is 2.89. The molecule has 3 nitrogen and oxygen atoms in total. The lowest BCUT2D eigenvalue weighted by Crippen LogP contribution is -2.39.